The molecule has 0 aliphatic heterocycles. The summed E-state index contributed by atoms with van der Waals surface area (Å²) in [6, 6.07) is 3.85. The summed E-state index contributed by atoms with van der Waals surface area (Å²) >= 11 is 0. The van der Waals surface area contributed by atoms with Gasteiger partial charge in [-0.3, -0.25) is 9.59 Å². The number of carboxylic acids is 1. The lowest BCUT2D eigenvalue weighted by molar-refractivity contribution is -0.135. The van der Waals surface area contributed by atoms with Gasteiger partial charge in [0.25, 0.3) is 0 Å². The highest BCUT2D eigenvalue weighted by atomic mass is 19.1. The van der Waals surface area contributed by atoms with E-state index in [0.717, 1.165) is 18.9 Å². The molecule has 0 bridgehead atoms. The number of rotatable bonds is 6. The highest BCUT2D eigenvalue weighted by Gasteiger charge is 2.26. The number of halogens is 1. The van der Waals surface area contributed by atoms with Crippen LogP contribution in [0.2, 0.25) is 0 Å². The highest BCUT2D eigenvalue weighted by Crippen LogP contribution is 2.32. The van der Waals surface area contributed by atoms with Gasteiger partial charge in [-0.15, -0.1) is 0 Å². The molecule has 1 fully saturated rings. The van der Waals surface area contributed by atoms with Gasteiger partial charge in [-0.05, 0) is 37.0 Å². The van der Waals surface area contributed by atoms with Crippen molar-refractivity contribution in [2.24, 2.45) is 11.7 Å². The third kappa shape index (κ3) is 3.43. The van der Waals surface area contributed by atoms with Crippen LogP contribution in [0.3, 0.4) is 0 Å². The van der Waals surface area contributed by atoms with Crippen LogP contribution in [0.15, 0.2) is 18.2 Å². The average molecular weight is 266 g/mol. The Morgan fingerprint density at radius 3 is 2.58 bits per heavy atom. The summed E-state index contributed by atoms with van der Waals surface area (Å²) in [6.45, 7) is 0.252. The summed E-state index contributed by atoms with van der Waals surface area (Å²) in [5.41, 5.74) is 5.33. The Bertz CT molecular complexity index is 515. The van der Waals surface area contributed by atoms with E-state index in [2.05, 4.69) is 0 Å². The van der Waals surface area contributed by atoms with E-state index < -0.39 is 17.7 Å². The van der Waals surface area contributed by atoms with Gasteiger partial charge in [0.2, 0.25) is 5.91 Å². The number of carbonyl (C=O) groups is 2. The number of hydrogen-bond acceptors (Lipinski definition) is 3. The molecular formula is C13H15FN2O3. The fourth-order valence-electron chi connectivity index (χ4n) is 1.94. The van der Waals surface area contributed by atoms with Crippen LogP contribution in [0.1, 0.15) is 23.2 Å². The van der Waals surface area contributed by atoms with Gasteiger partial charge >= 0.3 is 5.97 Å². The zero-order valence-corrected chi connectivity index (χ0v) is 10.3. The number of nitrogens with zero attached hydrogens (tertiary/aromatic N) is 1. The molecule has 0 unspecified atom stereocenters. The predicted octanol–water partition coefficient (Wildman–Crippen LogP) is 1.23. The van der Waals surface area contributed by atoms with Crippen LogP contribution in [0.25, 0.3) is 0 Å². The van der Waals surface area contributed by atoms with Crippen molar-refractivity contribution >= 4 is 17.6 Å². The van der Waals surface area contributed by atoms with Crippen LogP contribution in [-0.4, -0.2) is 30.1 Å². The molecule has 2 rings (SSSR count). The third-order valence-corrected chi connectivity index (χ3v) is 3.07. The van der Waals surface area contributed by atoms with E-state index >= 15 is 0 Å². The minimum atomic E-state index is -1.01. The van der Waals surface area contributed by atoms with Gasteiger partial charge in [0.1, 0.15) is 12.4 Å². The number of amides is 1. The summed E-state index contributed by atoms with van der Waals surface area (Å²) in [4.78, 5) is 23.3. The number of aliphatic carboxylic acids is 1. The maximum absolute atomic E-state index is 13.9. The fraction of sp³-hybridized carbons (Fsp3) is 0.385. The molecule has 1 aromatic rings. The number of primary amides is 1. The Morgan fingerprint density at radius 2 is 2.11 bits per heavy atom. The second kappa shape index (κ2) is 5.26. The van der Waals surface area contributed by atoms with Gasteiger partial charge < -0.3 is 15.7 Å². The maximum atomic E-state index is 13.9. The molecule has 5 nitrogen and oxygen atoms in total. The van der Waals surface area contributed by atoms with Crippen molar-refractivity contribution in [3.63, 3.8) is 0 Å². The number of anilines is 1. The van der Waals surface area contributed by atoms with Crippen molar-refractivity contribution < 1.29 is 19.1 Å². The normalized spacial score (nSPS) is 14.2. The van der Waals surface area contributed by atoms with E-state index in [1.165, 1.54) is 17.0 Å². The van der Waals surface area contributed by atoms with E-state index in [0.29, 0.717) is 12.5 Å². The van der Waals surface area contributed by atoms with Gasteiger partial charge in [-0.25, -0.2) is 4.39 Å². The average Bonchev–Trinajstić information content (AvgIpc) is 3.11. The van der Waals surface area contributed by atoms with Gasteiger partial charge in [0.15, 0.2) is 0 Å². The van der Waals surface area contributed by atoms with Crippen LogP contribution in [0.4, 0.5) is 10.1 Å². The smallest absolute Gasteiger partial charge is 0.323 e. The Hall–Kier alpha value is -2.11. The number of benzene rings is 1. The zero-order chi connectivity index (χ0) is 14.0. The van der Waals surface area contributed by atoms with Crippen LogP contribution < -0.4 is 10.6 Å². The molecule has 1 aromatic carbocycles. The minimum absolute atomic E-state index is 0.0722. The van der Waals surface area contributed by atoms with E-state index in [9.17, 15) is 14.0 Å². The van der Waals surface area contributed by atoms with Crippen molar-refractivity contribution in [1.82, 2.24) is 0 Å². The van der Waals surface area contributed by atoms with Crippen molar-refractivity contribution in [2.75, 3.05) is 18.0 Å². The van der Waals surface area contributed by atoms with Crippen molar-refractivity contribution in [1.29, 1.82) is 0 Å². The van der Waals surface area contributed by atoms with E-state index in [-0.39, 0.29) is 17.8 Å². The molecule has 0 heterocycles. The van der Waals surface area contributed by atoms with E-state index in [1.54, 1.807) is 0 Å². The summed E-state index contributed by atoms with van der Waals surface area (Å²) in [5.74, 6) is -1.93. The number of carboxylic acid groups (broad SMARTS) is 1. The van der Waals surface area contributed by atoms with Crippen molar-refractivity contribution in [3.05, 3.63) is 29.6 Å². The maximum Gasteiger partial charge on any atom is 0.323 e. The Kier molecular flexibility index (Phi) is 3.69. The Balaban J connectivity index is 2.24. The first kappa shape index (κ1) is 13.3. The lowest BCUT2D eigenvalue weighted by Gasteiger charge is -2.23. The van der Waals surface area contributed by atoms with Gasteiger partial charge in [-0.1, -0.05) is 0 Å². The SMILES string of the molecule is NC(=O)c1ccc(N(CC(=O)O)CC2CC2)c(F)c1. The molecule has 0 spiro atoms. The predicted molar refractivity (Wildman–Crippen MR) is 67.5 cm³/mol. The molecule has 0 aromatic heterocycles. The van der Waals surface area contributed by atoms with Crippen LogP contribution in [-0.2, 0) is 4.79 Å². The van der Waals surface area contributed by atoms with Crippen molar-refractivity contribution in [2.45, 2.75) is 12.8 Å². The van der Waals surface area contributed by atoms with E-state index in [4.69, 9.17) is 10.8 Å². The van der Waals surface area contributed by atoms with E-state index in [1.807, 2.05) is 0 Å². The van der Waals surface area contributed by atoms with Gasteiger partial charge in [0, 0.05) is 12.1 Å². The number of nitrogens with two attached hydrogens (primary N) is 1. The fourth-order valence-corrected chi connectivity index (χ4v) is 1.94. The lowest BCUT2D eigenvalue weighted by atomic mass is 10.1. The number of hydrogen-bond donors (Lipinski definition) is 2. The largest absolute Gasteiger partial charge is 0.480 e. The summed E-state index contributed by atoms with van der Waals surface area (Å²) < 4.78 is 13.9. The van der Waals surface area contributed by atoms with Crippen LogP contribution >= 0.6 is 0 Å². The van der Waals surface area contributed by atoms with Crippen molar-refractivity contribution in [3.8, 4) is 0 Å². The van der Waals surface area contributed by atoms with Gasteiger partial charge in [-0.2, -0.15) is 0 Å². The molecule has 19 heavy (non-hydrogen) atoms. The molecule has 1 amide bonds. The first-order chi connectivity index (χ1) is 8.97. The highest BCUT2D eigenvalue weighted by molar-refractivity contribution is 5.93. The summed E-state index contributed by atoms with van der Waals surface area (Å²) in [5, 5.41) is 8.87. The van der Waals surface area contributed by atoms with Gasteiger partial charge in [0.05, 0.1) is 5.69 Å². The second-order valence-corrected chi connectivity index (χ2v) is 4.75. The molecular weight excluding hydrogens is 251 g/mol. The lowest BCUT2D eigenvalue weighted by Crippen LogP contribution is -2.32. The third-order valence-electron chi connectivity index (χ3n) is 3.07. The molecule has 102 valence electrons. The molecule has 0 atom stereocenters. The summed E-state index contributed by atoms with van der Waals surface area (Å²) in [6.07, 6.45) is 2.08. The van der Waals surface area contributed by atoms with Crippen LogP contribution in [0.5, 0.6) is 0 Å². The first-order valence-electron chi connectivity index (χ1n) is 6.03. The summed E-state index contributed by atoms with van der Waals surface area (Å²) in [7, 11) is 0. The second-order valence-electron chi connectivity index (χ2n) is 4.75. The molecule has 1 aliphatic carbocycles. The Labute approximate surface area is 109 Å². The zero-order valence-electron chi connectivity index (χ0n) is 10.3. The standard InChI is InChI=1S/C13H15FN2O3/c14-10-5-9(13(15)19)3-4-11(10)16(7-12(17)18)6-8-1-2-8/h3-5,8H,1-2,6-7H2,(H2,15,19)(H,17,18). The monoisotopic (exact) mass is 266 g/mol. The first-order valence-corrected chi connectivity index (χ1v) is 6.03. The number of carbonyl (C=O) groups excluding carboxylic acids is 1. The quantitative estimate of drug-likeness (QED) is 0.811. The molecule has 0 radical (unpaired) electrons. The molecule has 1 saturated carbocycles. The minimum Gasteiger partial charge on any atom is -0.480 e. The topological polar surface area (TPSA) is 83.6 Å². The molecule has 1 aliphatic rings. The molecule has 0 saturated heterocycles. The Morgan fingerprint density at radius 1 is 1.42 bits per heavy atom. The molecule has 3 N–H and O–H groups in total. The van der Waals surface area contributed by atoms with Crippen LogP contribution in [0, 0.1) is 11.7 Å². The molecule has 6 heteroatoms.